The van der Waals surface area contributed by atoms with Gasteiger partial charge >= 0.3 is 0 Å². The van der Waals surface area contributed by atoms with Crippen molar-refractivity contribution in [3.8, 4) is 0 Å². The first-order valence-corrected chi connectivity index (χ1v) is 8.36. The molecular formula is C21H28. The molecule has 0 saturated carbocycles. The van der Waals surface area contributed by atoms with Crippen LogP contribution in [0.3, 0.4) is 0 Å². The van der Waals surface area contributed by atoms with E-state index in [-0.39, 0.29) is 0 Å². The first-order valence-electron chi connectivity index (χ1n) is 8.36. The average Bonchev–Trinajstić information content (AvgIpc) is 2.50. The van der Waals surface area contributed by atoms with Crippen molar-refractivity contribution in [2.24, 2.45) is 5.41 Å². The van der Waals surface area contributed by atoms with Crippen LogP contribution < -0.4 is 0 Å². The fourth-order valence-electron chi connectivity index (χ4n) is 3.66. The molecule has 0 bridgehead atoms. The zero-order valence-corrected chi connectivity index (χ0v) is 13.5. The summed E-state index contributed by atoms with van der Waals surface area (Å²) in [6, 6.07) is 22.0. The third-order valence-corrected chi connectivity index (χ3v) is 4.40. The predicted octanol–water partition coefficient (Wildman–Crippen LogP) is 6.06. The number of benzene rings is 2. The van der Waals surface area contributed by atoms with Crippen molar-refractivity contribution in [3.63, 3.8) is 0 Å². The van der Waals surface area contributed by atoms with Gasteiger partial charge in [-0.25, -0.2) is 0 Å². The summed E-state index contributed by atoms with van der Waals surface area (Å²) in [5, 5.41) is 0. The molecule has 112 valence electrons. The Balaban J connectivity index is 2.23. The Morgan fingerprint density at radius 3 is 1.33 bits per heavy atom. The predicted molar refractivity (Wildman–Crippen MR) is 92.5 cm³/mol. The van der Waals surface area contributed by atoms with E-state index < -0.39 is 0 Å². The third-order valence-electron chi connectivity index (χ3n) is 4.40. The van der Waals surface area contributed by atoms with E-state index in [9.17, 15) is 0 Å². The van der Waals surface area contributed by atoms with Crippen molar-refractivity contribution in [3.05, 3.63) is 71.8 Å². The van der Waals surface area contributed by atoms with E-state index in [2.05, 4.69) is 74.5 Å². The molecule has 21 heavy (non-hydrogen) atoms. The van der Waals surface area contributed by atoms with Crippen LogP contribution in [-0.2, 0) is 12.8 Å². The van der Waals surface area contributed by atoms with Crippen LogP contribution in [0.2, 0.25) is 0 Å². The zero-order valence-electron chi connectivity index (χ0n) is 13.5. The lowest BCUT2D eigenvalue weighted by Gasteiger charge is -2.34. The highest BCUT2D eigenvalue weighted by Crippen LogP contribution is 2.37. The number of hydrogen-bond donors (Lipinski definition) is 0. The number of rotatable bonds is 8. The van der Waals surface area contributed by atoms with Crippen LogP contribution in [0.1, 0.15) is 50.7 Å². The average molecular weight is 280 g/mol. The summed E-state index contributed by atoms with van der Waals surface area (Å²) in [6.45, 7) is 4.64. The second kappa shape index (κ2) is 8.02. The highest BCUT2D eigenvalue weighted by atomic mass is 14.3. The normalized spacial score (nSPS) is 11.5. The van der Waals surface area contributed by atoms with Crippen molar-refractivity contribution < 1.29 is 0 Å². The topological polar surface area (TPSA) is 0 Å². The lowest BCUT2D eigenvalue weighted by atomic mass is 9.70. The maximum atomic E-state index is 2.32. The Bertz CT molecular complexity index is 449. The van der Waals surface area contributed by atoms with E-state index in [1.807, 2.05) is 0 Å². The van der Waals surface area contributed by atoms with Crippen molar-refractivity contribution in [2.45, 2.75) is 52.4 Å². The van der Waals surface area contributed by atoms with E-state index in [4.69, 9.17) is 0 Å². The van der Waals surface area contributed by atoms with Gasteiger partial charge in [0.2, 0.25) is 0 Å². The van der Waals surface area contributed by atoms with E-state index in [0.29, 0.717) is 5.41 Å². The third kappa shape index (κ3) is 4.74. The molecule has 0 radical (unpaired) electrons. The fraction of sp³-hybridized carbons (Fsp3) is 0.429. The lowest BCUT2D eigenvalue weighted by Crippen LogP contribution is -2.26. The van der Waals surface area contributed by atoms with Gasteiger partial charge in [0.15, 0.2) is 0 Å². The minimum atomic E-state index is 0.409. The summed E-state index contributed by atoms with van der Waals surface area (Å²) in [6.07, 6.45) is 7.55. The van der Waals surface area contributed by atoms with Gasteiger partial charge in [-0.2, -0.15) is 0 Å². The highest BCUT2D eigenvalue weighted by Gasteiger charge is 2.28. The zero-order chi connectivity index (χ0) is 15.0. The van der Waals surface area contributed by atoms with E-state index >= 15 is 0 Å². The SMILES string of the molecule is CCCC(CCC)(Cc1ccccc1)Cc1ccccc1. The summed E-state index contributed by atoms with van der Waals surface area (Å²) in [5.41, 5.74) is 3.37. The van der Waals surface area contributed by atoms with Crippen LogP contribution in [0.15, 0.2) is 60.7 Å². The van der Waals surface area contributed by atoms with Crippen LogP contribution in [-0.4, -0.2) is 0 Å². The molecule has 0 aliphatic carbocycles. The molecule has 0 amide bonds. The van der Waals surface area contributed by atoms with Crippen molar-refractivity contribution in [1.29, 1.82) is 0 Å². The van der Waals surface area contributed by atoms with Gasteiger partial charge in [-0.15, -0.1) is 0 Å². The molecule has 0 aliphatic heterocycles. The van der Waals surface area contributed by atoms with Crippen molar-refractivity contribution in [2.75, 3.05) is 0 Å². The second-order valence-corrected chi connectivity index (χ2v) is 6.32. The van der Waals surface area contributed by atoms with Crippen LogP contribution >= 0.6 is 0 Å². The molecule has 0 spiro atoms. The summed E-state index contributed by atoms with van der Waals surface area (Å²) in [4.78, 5) is 0. The molecule has 0 nitrogen and oxygen atoms in total. The van der Waals surface area contributed by atoms with Gasteiger partial charge in [0.1, 0.15) is 0 Å². The standard InChI is InChI=1S/C21H28/c1-3-15-21(16-4-2,17-19-11-7-5-8-12-19)18-20-13-9-6-10-14-20/h5-14H,3-4,15-18H2,1-2H3. The molecule has 2 aromatic carbocycles. The summed E-state index contributed by atoms with van der Waals surface area (Å²) in [5.74, 6) is 0. The molecule has 2 rings (SSSR count). The Morgan fingerprint density at radius 1 is 0.619 bits per heavy atom. The Labute approximate surface area is 130 Å². The smallest absolute Gasteiger partial charge is 0.0217 e. The van der Waals surface area contributed by atoms with Gasteiger partial charge in [-0.3, -0.25) is 0 Å². The monoisotopic (exact) mass is 280 g/mol. The largest absolute Gasteiger partial charge is 0.0654 e. The minimum Gasteiger partial charge on any atom is -0.0654 e. The molecule has 0 fully saturated rings. The van der Waals surface area contributed by atoms with Gasteiger partial charge in [0.25, 0.3) is 0 Å². The van der Waals surface area contributed by atoms with Crippen LogP contribution in [0.25, 0.3) is 0 Å². The Kier molecular flexibility index (Phi) is 6.04. The molecule has 0 heterocycles. The Hall–Kier alpha value is -1.56. The molecule has 0 unspecified atom stereocenters. The Morgan fingerprint density at radius 2 is 1.00 bits per heavy atom. The first-order chi connectivity index (χ1) is 10.3. The highest BCUT2D eigenvalue weighted by molar-refractivity contribution is 5.20. The van der Waals surface area contributed by atoms with E-state index in [1.54, 1.807) is 0 Å². The fourth-order valence-corrected chi connectivity index (χ4v) is 3.66. The lowest BCUT2D eigenvalue weighted by molar-refractivity contribution is 0.229. The molecule has 0 aliphatic rings. The summed E-state index contributed by atoms with van der Waals surface area (Å²) >= 11 is 0. The van der Waals surface area contributed by atoms with Gasteiger partial charge in [0.05, 0.1) is 0 Å². The summed E-state index contributed by atoms with van der Waals surface area (Å²) < 4.78 is 0. The van der Waals surface area contributed by atoms with E-state index in [0.717, 1.165) is 0 Å². The van der Waals surface area contributed by atoms with Crippen molar-refractivity contribution >= 4 is 0 Å². The van der Waals surface area contributed by atoms with Crippen LogP contribution in [0.4, 0.5) is 0 Å². The van der Waals surface area contributed by atoms with Crippen LogP contribution in [0, 0.1) is 5.41 Å². The minimum absolute atomic E-state index is 0.409. The second-order valence-electron chi connectivity index (χ2n) is 6.32. The maximum Gasteiger partial charge on any atom is -0.0217 e. The van der Waals surface area contributed by atoms with Gasteiger partial charge in [-0.1, -0.05) is 87.4 Å². The number of hydrogen-bond acceptors (Lipinski definition) is 0. The molecule has 0 heteroatoms. The van der Waals surface area contributed by atoms with E-state index in [1.165, 1.54) is 49.7 Å². The van der Waals surface area contributed by atoms with Crippen LogP contribution in [0.5, 0.6) is 0 Å². The van der Waals surface area contributed by atoms with Gasteiger partial charge in [0, 0.05) is 0 Å². The molecule has 0 aromatic heterocycles. The van der Waals surface area contributed by atoms with Gasteiger partial charge in [-0.05, 0) is 42.2 Å². The quantitative estimate of drug-likeness (QED) is 0.551. The molecule has 2 aromatic rings. The van der Waals surface area contributed by atoms with Crippen molar-refractivity contribution in [1.82, 2.24) is 0 Å². The molecule has 0 saturated heterocycles. The maximum absolute atomic E-state index is 2.32. The summed E-state index contributed by atoms with van der Waals surface area (Å²) in [7, 11) is 0. The van der Waals surface area contributed by atoms with Gasteiger partial charge < -0.3 is 0 Å². The first kappa shape index (κ1) is 15.8. The molecule has 0 atom stereocenters. The molecule has 0 N–H and O–H groups in total. The molecular weight excluding hydrogens is 252 g/mol.